The fourth-order valence-electron chi connectivity index (χ4n) is 3.20. The molecule has 0 saturated heterocycles. The monoisotopic (exact) mass is 304 g/mol. The van der Waals surface area contributed by atoms with E-state index in [0.717, 1.165) is 44.5 Å². The summed E-state index contributed by atoms with van der Waals surface area (Å²) < 4.78 is 11.6. The second kappa shape index (κ2) is 4.62. The van der Waals surface area contributed by atoms with Crippen molar-refractivity contribution in [1.29, 1.82) is 0 Å². The van der Waals surface area contributed by atoms with E-state index in [1.807, 2.05) is 12.3 Å². The molecule has 1 N–H and O–H groups in total. The number of fused-ring (bicyclic) bond motifs is 2. The van der Waals surface area contributed by atoms with Crippen molar-refractivity contribution < 1.29 is 9.15 Å². The Morgan fingerprint density at radius 1 is 1.17 bits per heavy atom. The zero-order valence-corrected chi connectivity index (χ0v) is 12.8. The highest BCUT2D eigenvalue weighted by atomic mass is 16.5. The van der Waals surface area contributed by atoms with Crippen molar-refractivity contribution in [3.63, 3.8) is 0 Å². The standard InChI is InChI=1S/C19H16N2O2/c1-22-17-7-6-14(12-4-5-13-10-20-21-16(13)8-12)15-9-18(11-2-3-11)23-19(15)17/h4-11H,2-3H2,1H3,(H,20,21). The Bertz CT molecular complexity index is 1020. The molecule has 1 fully saturated rings. The predicted octanol–water partition coefficient (Wildman–Crippen LogP) is 4.86. The molecule has 4 heteroatoms. The molecule has 2 aromatic heterocycles. The first-order valence-electron chi connectivity index (χ1n) is 7.87. The third kappa shape index (κ3) is 1.95. The van der Waals surface area contributed by atoms with Crippen LogP contribution in [0.15, 0.2) is 47.0 Å². The average Bonchev–Trinajstić information content (AvgIpc) is 3.16. The molecule has 23 heavy (non-hydrogen) atoms. The molecule has 0 spiro atoms. The number of aromatic nitrogens is 2. The Morgan fingerprint density at radius 3 is 2.91 bits per heavy atom. The topological polar surface area (TPSA) is 51.0 Å². The van der Waals surface area contributed by atoms with Crippen molar-refractivity contribution in [1.82, 2.24) is 10.2 Å². The summed E-state index contributed by atoms with van der Waals surface area (Å²) in [5.41, 5.74) is 4.19. The van der Waals surface area contributed by atoms with Gasteiger partial charge in [-0.05, 0) is 48.2 Å². The molecule has 1 aliphatic carbocycles. The number of furan rings is 1. The number of hydrogen-bond donors (Lipinski definition) is 1. The Kier molecular flexibility index (Phi) is 2.56. The molecule has 0 aliphatic heterocycles. The molecular weight excluding hydrogens is 288 g/mol. The van der Waals surface area contributed by atoms with Gasteiger partial charge in [0, 0.05) is 16.7 Å². The van der Waals surface area contributed by atoms with Gasteiger partial charge in [0.2, 0.25) is 0 Å². The first-order valence-corrected chi connectivity index (χ1v) is 7.87. The van der Waals surface area contributed by atoms with Crippen LogP contribution in [0.1, 0.15) is 24.5 Å². The van der Waals surface area contributed by atoms with Crippen molar-refractivity contribution in [2.24, 2.45) is 0 Å². The Hall–Kier alpha value is -2.75. The van der Waals surface area contributed by atoms with Crippen LogP contribution in [-0.4, -0.2) is 17.3 Å². The summed E-state index contributed by atoms with van der Waals surface area (Å²) in [7, 11) is 1.68. The summed E-state index contributed by atoms with van der Waals surface area (Å²) in [5.74, 6) is 2.45. The first kappa shape index (κ1) is 12.8. The minimum absolute atomic E-state index is 0.579. The normalized spacial score (nSPS) is 14.7. The molecule has 0 atom stereocenters. The van der Waals surface area contributed by atoms with Gasteiger partial charge in [0.15, 0.2) is 11.3 Å². The van der Waals surface area contributed by atoms with Gasteiger partial charge < -0.3 is 9.15 Å². The summed E-state index contributed by atoms with van der Waals surface area (Å²) in [6, 6.07) is 12.6. The zero-order valence-electron chi connectivity index (χ0n) is 12.8. The molecule has 114 valence electrons. The molecule has 0 bridgehead atoms. The van der Waals surface area contributed by atoms with Crippen LogP contribution in [0.5, 0.6) is 5.75 Å². The van der Waals surface area contributed by atoms with Crippen LogP contribution in [0.25, 0.3) is 33.0 Å². The highest BCUT2D eigenvalue weighted by Crippen LogP contribution is 2.45. The number of aromatic amines is 1. The Morgan fingerprint density at radius 2 is 2.09 bits per heavy atom. The van der Waals surface area contributed by atoms with Crippen molar-refractivity contribution in [3.05, 3.63) is 48.4 Å². The maximum Gasteiger partial charge on any atom is 0.176 e. The largest absolute Gasteiger partial charge is 0.493 e. The molecule has 2 heterocycles. The highest BCUT2D eigenvalue weighted by molar-refractivity contribution is 5.99. The number of H-pyrrole nitrogens is 1. The third-order valence-corrected chi connectivity index (χ3v) is 4.62. The van der Waals surface area contributed by atoms with E-state index in [-0.39, 0.29) is 0 Å². The number of hydrogen-bond acceptors (Lipinski definition) is 3. The van der Waals surface area contributed by atoms with Crippen LogP contribution in [-0.2, 0) is 0 Å². The second-order valence-electron chi connectivity index (χ2n) is 6.15. The van der Waals surface area contributed by atoms with Crippen LogP contribution < -0.4 is 4.74 Å². The van der Waals surface area contributed by atoms with Crippen molar-refractivity contribution in [3.8, 4) is 16.9 Å². The minimum atomic E-state index is 0.579. The summed E-state index contributed by atoms with van der Waals surface area (Å²) in [6.07, 6.45) is 4.28. The number of nitrogens with one attached hydrogen (secondary N) is 1. The van der Waals surface area contributed by atoms with Gasteiger partial charge in [0.05, 0.1) is 18.8 Å². The van der Waals surface area contributed by atoms with E-state index in [0.29, 0.717) is 5.92 Å². The summed E-state index contributed by atoms with van der Waals surface area (Å²) >= 11 is 0. The maximum absolute atomic E-state index is 6.10. The molecule has 4 aromatic rings. The van der Waals surface area contributed by atoms with Gasteiger partial charge in [-0.25, -0.2) is 0 Å². The van der Waals surface area contributed by atoms with E-state index < -0.39 is 0 Å². The van der Waals surface area contributed by atoms with E-state index in [1.165, 1.54) is 12.8 Å². The lowest BCUT2D eigenvalue weighted by Gasteiger charge is -2.06. The van der Waals surface area contributed by atoms with Gasteiger partial charge in [-0.3, -0.25) is 5.10 Å². The first-order chi connectivity index (χ1) is 11.3. The Labute approximate surface area is 133 Å². The molecule has 0 unspecified atom stereocenters. The summed E-state index contributed by atoms with van der Waals surface area (Å²) in [6.45, 7) is 0. The molecule has 4 nitrogen and oxygen atoms in total. The minimum Gasteiger partial charge on any atom is -0.493 e. The number of benzene rings is 2. The van der Waals surface area contributed by atoms with E-state index in [9.17, 15) is 0 Å². The van der Waals surface area contributed by atoms with Gasteiger partial charge >= 0.3 is 0 Å². The van der Waals surface area contributed by atoms with Gasteiger partial charge in [-0.15, -0.1) is 0 Å². The summed E-state index contributed by atoms with van der Waals surface area (Å²) in [5, 5.41) is 9.36. The van der Waals surface area contributed by atoms with Crippen LogP contribution in [0.2, 0.25) is 0 Å². The molecule has 0 amide bonds. The number of methoxy groups -OCH3 is 1. The molecule has 5 rings (SSSR count). The zero-order chi connectivity index (χ0) is 15.4. The van der Waals surface area contributed by atoms with Crippen molar-refractivity contribution in [2.45, 2.75) is 18.8 Å². The fourth-order valence-corrected chi connectivity index (χ4v) is 3.20. The second-order valence-corrected chi connectivity index (χ2v) is 6.15. The van der Waals surface area contributed by atoms with Gasteiger partial charge in [-0.1, -0.05) is 12.1 Å². The molecule has 2 aromatic carbocycles. The Balaban J connectivity index is 1.76. The molecule has 1 aliphatic rings. The van der Waals surface area contributed by atoms with Gasteiger partial charge in [0.25, 0.3) is 0 Å². The smallest absolute Gasteiger partial charge is 0.176 e. The predicted molar refractivity (Wildman–Crippen MR) is 89.8 cm³/mol. The third-order valence-electron chi connectivity index (χ3n) is 4.62. The van der Waals surface area contributed by atoms with Crippen LogP contribution in [0.3, 0.4) is 0 Å². The maximum atomic E-state index is 6.10. The van der Waals surface area contributed by atoms with Gasteiger partial charge in [0.1, 0.15) is 5.76 Å². The highest BCUT2D eigenvalue weighted by Gasteiger charge is 2.28. The lowest BCUT2D eigenvalue weighted by molar-refractivity contribution is 0.407. The lowest BCUT2D eigenvalue weighted by atomic mass is 10.00. The number of rotatable bonds is 3. The number of ether oxygens (including phenoxy) is 1. The van der Waals surface area contributed by atoms with Crippen LogP contribution in [0, 0.1) is 0 Å². The fraction of sp³-hybridized carbons (Fsp3) is 0.211. The SMILES string of the molecule is COc1ccc(-c2ccc3cn[nH]c3c2)c2cc(C3CC3)oc12. The van der Waals surface area contributed by atoms with Crippen molar-refractivity contribution in [2.75, 3.05) is 7.11 Å². The molecule has 0 radical (unpaired) electrons. The average molecular weight is 304 g/mol. The van der Waals surface area contributed by atoms with Gasteiger partial charge in [-0.2, -0.15) is 5.10 Å². The quantitative estimate of drug-likeness (QED) is 0.588. The van der Waals surface area contributed by atoms with E-state index in [1.54, 1.807) is 7.11 Å². The van der Waals surface area contributed by atoms with Crippen LogP contribution in [0.4, 0.5) is 0 Å². The van der Waals surface area contributed by atoms with E-state index in [2.05, 4.69) is 40.5 Å². The van der Waals surface area contributed by atoms with Crippen molar-refractivity contribution >= 4 is 21.9 Å². The number of nitrogens with zero attached hydrogens (tertiary/aromatic N) is 1. The molecule has 1 saturated carbocycles. The van der Waals surface area contributed by atoms with Crippen LogP contribution >= 0.6 is 0 Å². The van der Waals surface area contributed by atoms with E-state index >= 15 is 0 Å². The lowest BCUT2D eigenvalue weighted by Crippen LogP contribution is -1.85. The summed E-state index contributed by atoms with van der Waals surface area (Å²) in [4.78, 5) is 0. The van der Waals surface area contributed by atoms with E-state index in [4.69, 9.17) is 9.15 Å². The molecular formula is C19H16N2O2.